The van der Waals surface area contributed by atoms with Crippen molar-refractivity contribution in [2.45, 2.75) is 19.8 Å². The maximum atomic E-state index is 5.27. The van der Waals surface area contributed by atoms with Crippen LogP contribution in [0.3, 0.4) is 0 Å². The molecule has 0 aromatic carbocycles. The Bertz CT molecular complexity index is 274. The molecule has 0 aliphatic carbocycles. The summed E-state index contributed by atoms with van der Waals surface area (Å²) in [4.78, 5) is 0. The quantitative estimate of drug-likeness (QED) is 0.600. The molecule has 0 atom stereocenters. The third-order valence-corrected chi connectivity index (χ3v) is 1.94. The number of nitrogens with zero attached hydrogens (tertiary/aromatic N) is 2. The Morgan fingerprint density at radius 3 is 2.67 bits per heavy atom. The molecule has 0 aliphatic rings. The minimum absolute atomic E-state index is 0.378. The highest BCUT2D eigenvalue weighted by Crippen LogP contribution is 2.22. The van der Waals surface area contributed by atoms with Crippen LogP contribution in [0.2, 0.25) is 0 Å². The topological polar surface area (TPSA) is 63.8 Å². The maximum absolute atomic E-state index is 5.27. The van der Waals surface area contributed by atoms with Crippen molar-refractivity contribution in [1.82, 2.24) is 10.2 Å². The predicted octanol–water partition coefficient (Wildman–Crippen LogP) is 1.65. The average Bonchev–Trinajstić information content (AvgIpc) is 2.04. The second-order valence-corrected chi connectivity index (χ2v) is 3.58. The molecule has 66 valence electrons. The summed E-state index contributed by atoms with van der Waals surface area (Å²) < 4.78 is 0.727. The number of nitrogens with two attached hydrogens (primary N) is 1. The highest BCUT2D eigenvalue weighted by Gasteiger charge is 2.07. The van der Waals surface area contributed by atoms with Crippen molar-refractivity contribution in [3.8, 4) is 0 Å². The summed E-state index contributed by atoms with van der Waals surface area (Å²) >= 11 is 3.25. The fourth-order valence-corrected chi connectivity index (χ4v) is 1.26. The molecule has 0 bridgehead atoms. The van der Waals surface area contributed by atoms with Crippen molar-refractivity contribution < 1.29 is 0 Å². The number of halogens is 1. The van der Waals surface area contributed by atoms with Gasteiger partial charge in [0, 0.05) is 5.56 Å². The van der Waals surface area contributed by atoms with E-state index in [0.717, 1.165) is 10.2 Å². The summed E-state index contributed by atoms with van der Waals surface area (Å²) in [5, 5.41) is 7.70. The molecule has 4 nitrogen and oxygen atoms in total. The molecule has 0 radical (unpaired) electrons. The zero-order valence-electron chi connectivity index (χ0n) is 7.00. The Kier molecular flexibility index (Phi) is 2.99. The number of hydrogen-bond acceptors (Lipinski definition) is 4. The van der Waals surface area contributed by atoms with Crippen molar-refractivity contribution in [3.05, 3.63) is 16.2 Å². The van der Waals surface area contributed by atoms with Crippen molar-refractivity contribution in [2.75, 3.05) is 5.43 Å². The number of hydrogen-bond donors (Lipinski definition) is 2. The Balaban J connectivity index is 3.12. The van der Waals surface area contributed by atoms with Gasteiger partial charge in [-0.05, 0) is 27.9 Å². The molecule has 3 N–H and O–H groups in total. The summed E-state index contributed by atoms with van der Waals surface area (Å²) in [7, 11) is 0. The van der Waals surface area contributed by atoms with Gasteiger partial charge in [0.2, 0.25) is 0 Å². The SMILES string of the molecule is CC(C)c1cc(Br)nnc1NN. The molecule has 1 heterocycles. The van der Waals surface area contributed by atoms with Crippen molar-refractivity contribution in [2.24, 2.45) is 5.84 Å². The number of hydrazine groups is 1. The van der Waals surface area contributed by atoms with Crippen LogP contribution in [0.4, 0.5) is 5.82 Å². The van der Waals surface area contributed by atoms with Gasteiger partial charge in [0.15, 0.2) is 5.82 Å². The second-order valence-electron chi connectivity index (χ2n) is 2.77. The molecule has 0 unspecified atom stereocenters. The third-order valence-electron chi connectivity index (χ3n) is 1.55. The van der Waals surface area contributed by atoms with Crippen LogP contribution >= 0.6 is 15.9 Å². The molecule has 1 aromatic heterocycles. The molecule has 1 aromatic rings. The third kappa shape index (κ3) is 1.92. The zero-order valence-corrected chi connectivity index (χ0v) is 8.59. The zero-order chi connectivity index (χ0) is 9.14. The fraction of sp³-hybridized carbons (Fsp3) is 0.429. The first-order valence-corrected chi connectivity index (χ1v) is 4.44. The van der Waals surface area contributed by atoms with Crippen LogP contribution in [-0.2, 0) is 0 Å². The van der Waals surface area contributed by atoms with E-state index >= 15 is 0 Å². The van der Waals surface area contributed by atoms with E-state index in [2.05, 4.69) is 45.4 Å². The monoisotopic (exact) mass is 230 g/mol. The van der Waals surface area contributed by atoms with Gasteiger partial charge in [-0.2, -0.15) is 0 Å². The highest BCUT2D eigenvalue weighted by molar-refractivity contribution is 9.10. The summed E-state index contributed by atoms with van der Waals surface area (Å²) in [5.41, 5.74) is 3.56. The number of nitrogen functional groups attached to an aromatic ring is 1. The minimum Gasteiger partial charge on any atom is -0.307 e. The Labute approximate surface area is 79.7 Å². The van der Waals surface area contributed by atoms with Gasteiger partial charge in [-0.25, -0.2) is 5.84 Å². The van der Waals surface area contributed by atoms with Crippen molar-refractivity contribution in [3.63, 3.8) is 0 Å². The highest BCUT2D eigenvalue weighted by atomic mass is 79.9. The number of aromatic nitrogens is 2. The smallest absolute Gasteiger partial charge is 0.166 e. The largest absolute Gasteiger partial charge is 0.307 e. The molecular weight excluding hydrogens is 220 g/mol. The van der Waals surface area contributed by atoms with E-state index in [1.54, 1.807) is 0 Å². The molecule has 1 rings (SSSR count). The van der Waals surface area contributed by atoms with E-state index in [4.69, 9.17) is 5.84 Å². The molecule has 12 heavy (non-hydrogen) atoms. The maximum Gasteiger partial charge on any atom is 0.166 e. The lowest BCUT2D eigenvalue weighted by Gasteiger charge is -2.09. The van der Waals surface area contributed by atoms with Crippen LogP contribution in [-0.4, -0.2) is 10.2 Å². The van der Waals surface area contributed by atoms with Gasteiger partial charge in [-0.3, -0.25) is 0 Å². The normalized spacial score (nSPS) is 10.4. The first-order valence-electron chi connectivity index (χ1n) is 3.65. The first kappa shape index (κ1) is 9.41. The van der Waals surface area contributed by atoms with Gasteiger partial charge in [0.1, 0.15) is 4.60 Å². The van der Waals surface area contributed by atoms with E-state index in [1.807, 2.05) is 6.07 Å². The van der Waals surface area contributed by atoms with E-state index < -0.39 is 0 Å². The fourth-order valence-electron chi connectivity index (χ4n) is 0.933. The molecule has 0 saturated heterocycles. The standard InChI is InChI=1S/C7H11BrN4/c1-4(2)5-3-6(8)11-12-7(5)10-9/h3-4H,9H2,1-2H3,(H,10,12). The summed E-state index contributed by atoms with van der Waals surface area (Å²) in [6.45, 7) is 4.15. The Morgan fingerprint density at radius 1 is 1.50 bits per heavy atom. The number of nitrogens with one attached hydrogen (secondary N) is 1. The van der Waals surface area contributed by atoms with Gasteiger partial charge in [0.05, 0.1) is 0 Å². The number of rotatable bonds is 2. The van der Waals surface area contributed by atoms with Crippen LogP contribution in [0.15, 0.2) is 10.7 Å². The van der Waals surface area contributed by atoms with Crippen molar-refractivity contribution >= 4 is 21.7 Å². The van der Waals surface area contributed by atoms with E-state index in [-0.39, 0.29) is 0 Å². The molecule has 0 fully saturated rings. The molecule has 5 heteroatoms. The predicted molar refractivity (Wildman–Crippen MR) is 51.6 cm³/mol. The first-order chi connectivity index (χ1) is 5.65. The summed E-state index contributed by atoms with van der Waals surface area (Å²) in [6, 6.07) is 1.91. The average molecular weight is 231 g/mol. The van der Waals surface area contributed by atoms with E-state index in [0.29, 0.717) is 11.7 Å². The molecule has 0 spiro atoms. The lowest BCUT2D eigenvalue weighted by Crippen LogP contribution is -2.12. The van der Waals surface area contributed by atoms with Crippen LogP contribution in [0.5, 0.6) is 0 Å². The van der Waals surface area contributed by atoms with Crippen LogP contribution < -0.4 is 11.3 Å². The van der Waals surface area contributed by atoms with Gasteiger partial charge in [-0.15, -0.1) is 10.2 Å². The lowest BCUT2D eigenvalue weighted by atomic mass is 10.1. The van der Waals surface area contributed by atoms with Crippen LogP contribution in [0, 0.1) is 0 Å². The van der Waals surface area contributed by atoms with Gasteiger partial charge in [0.25, 0.3) is 0 Å². The summed E-state index contributed by atoms with van der Waals surface area (Å²) in [5.74, 6) is 6.28. The molecule has 0 saturated carbocycles. The van der Waals surface area contributed by atoms with E-state index in [9.17, 15) is 0 Å². The van der Waals surface area contributed by atoms with Crippen LogP contribution in [0.25, 0.3) is 0 Å². The Hall–Kier alpha value is -0.680. The second kappa shape index (κ2) is 3.82. The minimum atomic E-state index is 0.378. The molecular formula is C7H11BrN4. The lowest BCUT2D eigenvalue weighted by molar-refractivity contribution is 0.837. The molecule has 0 aliphatic heterocycles. The number of anilines is 1. The van der Waals surface area contributed by atoms with Gasteiger partial charge < -0.3 is 5.43 Å². The molecule has 0 amide bonds. The van der Waals surface area contributed by atoms with Crippen LogP contribution in [0.1, 0.15) is 25.3 Å². The van der Waals surface area contributed by atoms with Gasteiger partial charge >= 0.3 is 0 Å². The Morgan fingerprint density at radius 2 is 2.17 bits per heavy atom. The van der Waals surface area contributed by atoms with E-state index in [1.165, 1.54) is 0 Å². The summed E-state index contributed by atoms with van der Waals surface area (Å²) in [6.07, 6.45) is 0. The van der Waals surface area contributed by atoms with Gasteiger partial charge in [-0.1, -0.05) is 13.8 Å². The van der Waals surface area contributed by atoms with Crippen molar-refractivity contribution in [1.29, 1.82) is 0 Å².